The molecule has 0 atom stereocenters. The molecule has 0 aliphatic heterocycles. The van der Waals surface area contributed by atoms with Crippen molar-refractivity contribution in [1.29, 1.82) is 0 Å². The molecule has 1 fully saturated rings. The van der Waals surface area contributed by atoms with Crippen LogP contribution in [0.15, 0.2) is 30.8 Å². The second kappa shape index (κ2) is 3.23. The molecule has 1 aliphatic rings. The fourth-order valence-electron chi connectivity index (χ4n) is 1.83. The van der Waals surface area contributed by atoms with E-state index in [9.17, 15) is 4.79 Å². The van der Waals surface area contributed by atoms with Gasteiger partial charge in [-0.25, -0.2) is 0 Å². The average Bonchev–Trinajstić information content (AvgIpc) is 2.98. The van der Waals surface area contributed by atoms with Gasteiger partial charge in [0.15, 0.2) is 0 Å². The number of hydrogen-bond acceptors (Lipinski definition) is 1. The maximum absolute atomic E-state index is 11.1. The summed E-state index contributed by atoms with van der Waals surface area (Å²) in [4.78, 5) is 11.1. The second-order valence-electron chi connectivity index (χ2n) is 4.25. The number of aliphatic carboxylic acids is 1. The van der Waals surface area contributed by atoms with Crippen molar-refractivity contribution in [2.45, 2.75) is 25.2 Å². The van der Waals surface area contributed by atoms with Gasteiger partial charge in [-0.05, 0) is 30.9 Å². The highest BCUT2D eigenvalue weighted by Crippen LogP contribution is 2.48. The number of benzene rings is 1. The van der Waals surface area contributed by atoms with Crippen molar-refractivity contribution in [2.24, 2.45) is 0 Å². The van der Waals surface area contributed by atoms with E-state index in [2.05, 4.69) is 6.58 Å². The molecule has 1 N–H and O–H groups in total. The normalized spacial score (nSPS) is 17.1. The third kappa shape index (κ3) is 1.56. The van der Waals surface area contributed by atoms with Gasteiger partial charge in [-0.3, -0.25) is 4.79 Å². The van der Waals surface area contributed by atoms with Crippen LogP contribution in [0, 0.1) is 0 Å². The molecular formula is C13H14O2. The first-order valence-electron chi connectivity index (χ1n) is 5.06. The maximum atomic E-state index is 11.1. The lowest BCUT2D eigenvalue weighted by Crippen LogP contribution is -2.19. The molecule has 0 aromatic heterocycles. The fourth-order valence-corrected chi connectivity index (χ4v) is 1.83. The minimum atomic E-state index is -0.707. The Hall–Kier alpha value is -1.57. The highest BCUT2D eigenvalue weighted by Gasteiger charge is 2.51. The lowest BCUT2D eigenvalue weighted by Gasteiger charge is -2.11. The van der Waals surface area contributed by atoms with Crippen LogP contribution in [-0.4, -0.2) is 11.1 Å². The lowest BCUT2D eigenvalue weighted by atomic mass is 9.93. The van der Waals surface area contributed by atoms with E-state index in [1.165, 1.54) is 0 Å². The standard InChI is InChI=1S/C13H14O2/c1-9(2)10-4-3-5-11(8-10)13(6-7-13)12(14)15/h3-5,8H,1,6-7H2,2H3,(H,14,15). The first-order chi connectivity index (χ1) is 7.06. The van der Waals surface area contributed by atoms with Crippen molar-refractivity contribution in [3.05, 3.63) is 42.0 Å². The molecule has 0 unspecified atom stereocenters. The first-order valence-corrected chi connectivity index (χ1v) is 5.06. The molecule has 2 rings (SSSR count). The first kappa shape index (κ1) is 9.97. The topological polar surface area (TPSA) is 37.3 Å². The molecule has 1 saturated carbocycles. The summed E-state index contributed by atoms with van der Waals surface area (Å²) in [6, 6.07) is 7.71. The van der Waals surface area contributed by atoms with Gasteiger partial charge in [0, 0.05) is 0 Å². The van der Waals surface area contributed by atoms with Gasteiger partial charge in [0.1, 0.15) is 0 Å². The molecular weight excluding hydrogens is 188 g/mol. The number of hydrogen-bond donors (Lipinski definition) is 1. The van der Waals surface area contributed by atoms with Gasteiger partial charge in [-0.1, -0.05) is 36.4 Å². The molecule has 0 bridgehead atoms. The fraction of sp³-hybridized carbons (Fsp3) is 0.308. The van der Waals surface area contributed by atoms with Crippen LogP contribution in [0.5, 0.6) is 0 Å². The summed E-state index contributed by atoms with van der Waals surface area (Å²) in [5, 5.41) is 9.16. The third-order valence-electron chi connectivity index (χ3n) is 3.07. The highest BCUT2D eigenvalue weighted by molar-refractivity contribution is 5.85. The van der Waals surface area contributed by atoms with Crippen LogP contribution in [0.25, 0.3) is 5.57 Å². The largest absolute Gasteiger partial charge is 0.481 e. The summed E-state index contributed by atoms with van der Waals surface area (Å²) in [7, 11) is 0. The summed E-state index contributed by atoms with van der Waals surface area (Å²) in [6.07, 6.45) is 1.50. The van der Waals surface area contributed by atoms with Gasteiger partial charge in [0.2, 0.25) is 0 Å². The van der Waals surface area contributed by atoms with Crippen LogP contribution in [-0.2, 0) is 10.2 Å². The Balaban J connectivity index is 2.42. The monoisotopic (exact) mass is 202 g/mol. The van der Waals surface area contributed by atoms with E-state index >= 15 is 0 Å². The number of rotatable bonds is 3. The second-order valence-corrected chi connectivity index (χ2v) is 4.25. The van der Waals surface area contributed by atoms with Crippen molar-refractivity contribution < 1.29 is 9.90 Å². The van der Waals surface area contributed by atoms with Gasteiger partial charge in [-0.2, -0.15) is 0 Å². The van der Waals surface area contributed by atoms with Crippen molar-refractivity contribution in [2.75, 3.05) is 0 Å². The molecule has 0 spiro atoms. The smallest absolute Gasteiger partial charge is 0.314 e. The molecule has 2 nitrogen and oxygen atoms in total. The van der Waals surface area contributed by atoms with Crippen molar-refractivity contribution in [3.63, 3.8) is 0 Å². The zero-order valence-corrected chi connectivity index (χ0v) is 8.79. The van der Waals surface area contributed by atoms with Crippen molar-refractivity contribution >= 4 is 11.5 Å². The van der Waals surface area contributed by atoms with E-state index in [4.69, 9.17) is 5.11 Å². The molecule has 0 radical (unpaired) electrons. The van der Waals surface area contributed by atoms with Crippen LogP contribution in [0.2, 0.25) is 0 Å². The summed E-state index contributed by atoms with van der Waals surface area (Å²) in [5.74, 6) is -0.707. The predicted molar refractivity (Wildman–Crippen MR) is 59.7 cm³/mol. The van der Waals surface area contributed by atoms with Crippen LogP contribution < -0.4 is 0 Å². The molecule has 0 saturated heterocycles. The predicted octanol–water partition coefficient (Wildman–Crippen LogP) is 2.84. The summed E-state index contributed by atoms with van der Waals surface area (Å²) in [6.45, 7) is 5.80. The third-order valence-corrected chi connectivity index (χ3v) is 3.07. The van der Waals surface area contributed by atoms with Crippen LogP contribution in [0.1, 0.15) is 30.9 Å². The molecule has 1 aliphatic carbocycles. The van der Waals surface area contributed by atoms with E-state index in [0.717, 1.165) is 29.5 Å². The Morgan fingerprint density at radius 2 is 2.13 bits per heavy atom. The van der Waals surface area contributed by atoms with E-state index in [-0.39, 0.29) is 0 Å². The van der Waals surface area contributed by atoms with Crippen molar-refractivity contribution in [3.8, 4) is 0 Å². The zero-order chi connectivity index (χ0) is 11.1. The summed E-state index contributed by atoms with van der Waals surface area (Å²) >= 11 is 0. The summed E-state index contributed by atoms with van der Waals surface area (Å²) in [5.41, 5.74) is 2.31. The molecule has 15 heavy (non-hydrogen) atoms. The molecule has 78 valence electrons. The van der Waals surface area contributed by atoms with Gasteiger partial charge in [-0.15, -0.1) is 0 Å². The zero-order valence-electron chi connectivity index (χ0n) is 8.79. The SMILES string of the molecule is C=C(C)c1cccc(C2(C(=O)O)CC2)c1. The van der Waals surface area contributed by atoms with Gasteiger partial charge in [0.25, 0.3) is 0 Å². The molecule has 1 aromatic carbocycles. The lowest BCUT2D eigenvalue weighted by molar-refractivity contribution is -0.140. The molecule has 0 amide bonds. The van der Waals surface area contributed by atoms with Crippen LogP contribution in [0.4, 0.5) is 0 Å². The minimum absolute atomic E-state index is 0.606. The Labute approximate surface area is 89.2 Å². The van der Waals surface area contributed by atoms with E-state index in [1.54, 1.807) is 0 Å². The number of carboxylic acids is 1. The molecule has 1 aromatic rings. The van der Waals surface area contributed by atoms with E-state index < -0.39 is 11.4 Å². The Morgan fingerprint density at radius 3 is 2.60 bits per heavy atom. The minimum Gasteiger partial charge on any atom is -0.481 e. The Morgan fingerprint density at radius 1 is 1.47 bits per heavy atom. The number of carboxylic acid groups (broad SMARTS) is 1. The highest BCUT2D eigenvalue weighted by atomic mass is 16.4. The van der Waals surface area contributed by atoms with Crippen molar-refractivity contribution in [1.82, 2.24) is 0 Å². The molecule has 2 heteroatoms. The molecule has 0 heterocycles. The van der Waals surface area contributed by atoms with Crippen LogP contribution in [0.3, 0.4) is 0 Å². The average molecular weight is 202 g/mol. The number of carbonyl (C=O) groups is 1. The van der Waals surface area contributed by atoms with Gasteiger partial charge >= 0.3 is 5.97 Å². The van der Waals surface area contributed by atoms with Gasteiger partial charge in [0.05, 0.1) is 5.41 Å². The quantitative estimate of drug-likeness (QED) is 0.818. The summed E-state index contributed by atoms with van der Waals surface area (Å²) < 4.78 is 0. The van der Waals surface area contributed by atoms with E-state index in [0.29, 0.717) is 0 Å². The Kier molecular flexibility index (Phi) is 2.14. The van der Waals surface area contributed by atoms with Gasteiger partial charge < -0.3 is 5.11 Å². The Bertz CT molecular complexity index is 428. The van der Waals surface area contributed by atoms with E-state index in [1.807, 2.05) is 31.2 Å². The maximum Gasteiger partial charge on any atom is 0.314 e. The van der Waals surface area contributed by atoms with Crippen LogP contribution >= 0.6 is 0 Å². The number of allylic oxidation sites excluding steroid dienone is 1.